The summed E-state index contributed by atoms with van der Waals surface area (Å²) in [7, 11) is 0. The molecule has 3 rings (SSSR count). The van der Waals surface area contributed by atoms with Crippen LogP contribution in [0.4, 0.5) is 0 Å². The quantitative estimate of drug-likeness (QED) is 0.388. The SMILES string of the molecule is N#C/C(=C/NCCC(=O)O)C(=O)N1CCN(C(c2ccccc2)c2ccccc2)CC1. The molecule has 7 heteroatoms. The summed E-state index contributed by atoms with van der Waals surface area (Å²) < 4.78 is 0. The zero-order valence-corrected chi connectivity index (χ0v) is 17.3. The molecule has 0 atom stereocenters. The number of carboxylic acid groups (broad SMARTS) is 1. The van der Waals surface area contributed by atoms with Gasteiger partial charge in [-0.1, -0.05) is 60.7 Å². The molecule has 1 aliphatic heterocycles. The van der Waals surface area contributed by atoms with Crippen molar-refractivity contribution in [3.05, 3.63) is 83.6 Å². The molecule has 1 saturated heterocycles. The number of amides is 1. The number of nitrogens with zero attached hydrogens (tertiary/aromatic N) is 3. The second-order valence-corrected chi connectivity index (χ2v) is 7.32. The minimum absolute atomic E-state index is 0.0125. The van der Waals surface area contributed by atoms with Crippen LogP contribution >= 0.6 is 0 Å². The van der Waals surface area contributed by atoms with E-state index in [0.717, 1.165) is 0 Å². The lowest BCUT2D eigenvalue weighted by atomic mass is 9.96. The van der Waals surface area contributed by atoms with E-state index in [0.29, 0.717) is 26.2 Å². The summed E-state index contributed by atoms with van der Waals surface area (Å²) in [6.07, 6.45) is 1.23. The van der Waals surface area contributed by atoms with Gasteiger partial charge in [-0.2, -0.15) is 5.26 Å². The van der Waals surface area contributed by atoms with Gasteiger partial charge in [0.25, 0.3) is 5.91 Å². The van der Waals surface area contributed by atoms with Crippen LogP contribution in [0.25, 0.3) is 0 Å². The number of aliphatic carboxylic acids is 1. The van der Waals surface area contributed by atoms with Gasteiger partial charge in [0.15, 0.2) is 0 Å². The summed E-state index contributed by atoms with van der Waals surface area (Å²) in [5.74, 6) is -1.27. The van der Waals surface area contributed by atoms with E-state index in [4.69, 9.17) is 5.11 Å². The molecule has 160 valence electrons. The Morgan fingerprint density at radius 3 is 2.03 bits per heavy atom. The van der Waals surface area contributed by atoms with Crippen molar-refractivity contribution in [2.45, 2.75) is 12.5 Å². The predicted octanol–water partition coefficient (Wildman–Crippen LogP) is 2.39. The fraction of sp³-hybridized carbons (Fsp3) is 0.292. The average molecular weight is 418 g/mol. The van der Waals surface area contributed by atoms with E-state index in [9.17, 15) is 14.9 Å². The Hall–Kier alpha value is -3.63. The van der Waals surface area contributed by atoms with E-state index in [1.807, 2.05) is 42.5 Å². The van der Waals surface area contributed by atoms with Gasteiger partial charge in [-0.05, 0) is 11.1 Å². The zero-order valence-electron chi connectivity index (χ0n) is 17.3. The minimum Gasteiger partial charge on any atom is -0.481 e. The first kappa shape index (κ1) is 22.1. The van der Waals surface area contributed by atoms with Crippen LogP contribution in [0.5, 0.6) is 0 Å². The normalized spacial score (nSPS) is 14.8. The van der Waals surface area contributed by atoms with Crippen LogP contribution in [0, 0.1) is 11.3 Å². The smallest absolute Gasteiger partial charge is 0.305 e. The van der Waals surface area contributed by atoms with Crippen LogP contribution in [0.15, 0.2) is 72.4 Å². The molecule has 1 fully saturated rings. The zero-order chi connectivity index (χ0) is 22.1. The number of nitrogens with one attached hydrogen (secondary N) is 1. The highest BCUT2D eigenvalue weighted by atomic mass is 16.4. The third-order valence-electron chi connectivity index (χ3n) is 5.28. The number of hydrogen-bond acceptors (Lipinski definition) is 5. The Morgan fingerprint density at radius 1 is 1.00 bits per heavy atom. The molecule has 1 heterocycles. The molecule has 0 unspecified atom stereocenters. The molecule has 2 N–H and O–H groups in total. The first-order valence-electron chi connectivity index (χ1n) is 10.3. The Morgan fingerprint density at radius 2 is 1.55 bits per heavy atom. The predicted molar refractivity (Wildman–Crippen MR) is 117 cm³/mol. The molecule has 0 aromatic heterocycles. The molecule has 1 aliphatic rings. The molecule has 7 nitrogen and oxygen atoms in total. The summed E-state index contributed by atoms with van der Waals surface area (Å²) in [6, 6.07) is 22.6. The molecule has 2 aromatic carbocycles. The van der Waals surface area contributed by atoms with Gasteiger partial charge in [0.2, 0.25) is 0 Å². The lowest BCUT2D eigenvalue weighted by molar-refractivity contribution is -0.136. The number of benzene rings is 2. The summed E-state index contributed by atoms with van der Waals surface area (Å²) in [5.41, 5.74) is 2.39. The van der Waals surface area contributed by atoms with E-state index in [1.165, 1.54) is 17.3 Å². The van der Waals surface area contributed by atoms with Crippen LogP contribution in [0.3, 0.4) is 0 Å². The summed E-state index contributed by atoms with van der Waals surface area (Å²) in [6.45, 7) is 2.57. The van der Waals surface area contributed by atoms with Crippen LogP contribution in [0.2, 0.25) is 0 Å². The van der Waals surface area contributed by atoms with Gasteiger partial charge in [-0.25, -0.2) is 0 Å². The maximum atomic E-state index is 12.7. The van der Waals surface area contributed by atoms with Gasteiger partial charge in [0, 0.05) is 38.9 Å². The van der Waals surface area contributed by atoms with Crippen molar-refractivity contribution in [3.8, 4) is 6.07 Å². The largest absolute Gasteiger partial charge is 0.481 e. The molecule has 1 amide bonds. The van der Waals surface area contributed by atoms with Crippen LogP contribution in [-0.2, 0) is 9.59 Å². The number of carboxylic acids is 1. The Balaban J connectivity index is 1.66. The van der Waals surface area contributed by atoms with E-state index in [1.54, 1.807) is 4.90 Å². The second kappa shape index (κ2) is 11.0. The topological polar surface area (TPSA) is 96.7 Å². The molecular formula is C24H26N4O3. The lowest BCUT2D eigenvalue weighted by Crippen LogP contribution is -2.50. The van der Waals surface area contributed by atoms with Gasteiger partial charge >= 0.3 is 5.97 Å². The van der Waals surface area contributed by atoms with Gasteiger partial charge < -0.3 is 15.3 Å². The third-order valence-corrected chi connectivity index (χ3v) is 5.28. The first-order valence-corrected chi connectivity index (χ1v) is 10.3. The van der Waals surface area contributed by atoms with Crippen molar-refractivity contribution in [1.29, 1.82) is 5.26 Å². The molecule has 0 aliphatic carbocycles. The number of piperazine rings is 1. The highest BCUT2D eigenvalue weighted by molar-refractivity contribution is 5.97. The van der Waals surface area contributed by atoms with Crippen molar-refractivity contribution in [2.24, 2.45) is 0 Å². The van der Waals surface area contributed by atoms with E-state index in [-0.39, 0.29) is 30.5 Å². The molecule has 0 saturated carbocycles. The van der Waals surface area contributed by atoms with Crippen molar-refractivity contribution < 1.29 is 14.7 Å². The molecule has 0 bridgehead atoms. The van der Waals surface area contributed by atoms with E-state index < -0.39 is 5.97 Å². The van der Waals surface area contributed by atoms with E-state index >= 15 is 0 Å². The number of hydrogen-bond donors (Lipinski definition) is 2. The molecular weight excluding hydrogens is 392 g/mol. The Labute approximate surface area is 182 Å². The maximum absolute atomic E-state index is 12.7. The van der Waals surface area contributed by atoms with E-state index in [2.05, 4.69) is 34.5 Å². The first-order chi connectivity index (χ1) is 15.1. The fourth-order valence-electron chi connectivity index (χ4n) is 3.73. The third kappa shape index (κ3) is 5.93. The van der Waals surface area contributed by atoms with Crippen molar-refractivity contribution in [2.75, 3.05) is 32.7 Å². The van der Waals surface area contributed by atoms with Gasteiger partial charge in [-0.15, -0.1) is 0 Å². The maximum Gasteiger partial charge on any atom is 0.305 e. The number of nitriles is 1. The van der Waals surface area contributed by atoms with Crippen LogP contribution < -0.4 is 5.32 Å². The fourth-order valence-corrected chi connectivity index (χ4v) is 3.73. The van der Waals surface area contributed by atoms with Gasteiger partial charge in [0.1, 0.15) is 11.6 Å². The van der Waals surface area contributed by atoms with Crippen LogP contribution in [0.1, 0.15) is 23.6 Å². The Kier molecular flexibility index (Phi) is 7.79. The average Bonchev–Trinajstić information content (AvgIpc) is 2.81. The second-order valence-electron chi connectivity index (χ2n) is 7.32. The standard InChI is InChI=1S/C24H26N4O3/c25-17-21(18-26-12-11-22(29)30)24(31)28-15-13-27(14-16-28)23(19-7-3-1-4-8-19)20-9-5-2-6-10-20/h1-10,18,23,26H,11-16H2,(H,29,30)/b21-18-. The molecule has 0 radical (unpaired) electrons. The highest BCUT2D eigenvalue weighted by Gasteiger charge is 2.29. The number of carbonyl (C=O) groups excluding carboxylic acids is 1. The molecule has 31 heavy (non-hydrogen) atoms. The summed E-state index contributed by atoms with van der Waals surface area (Å²) in [5, 5.41) is 20.8. The van der Waals surface area contributed by atoms with Crippen molar-refractivity contribution in [3.63, 3.8) is 0 Å². The summed E-state index contributed by atoms with van der Waals surface area (Å²) >= 11 is 0. The van der Waals surface area contributed by atoms with Gasteiger partial charge in [-0.3, -0.25) is 14.5 Å². The minimum atomic E-state index is -0.937. The van der Waals surface area contributed by atoms with Crippen LogP contribution in [-0.4, -0.2) is 59.5 Å². The summed E-state index contributed by atoms with van der Waals surface area (Å²) in [4.78, 5) is 27.3. The lowest BCUT2D eigenvalue weighted by Gasteiger charge is -2.39. The number of rotatable bonds is 8. The molecule has 0 spiro atoms. The monoisotopic (exact) mass is 418 g/mol. The molecule has 2 aromatic rings. The number of carbonyl (C=O) groups is 2. The van der Waals surface area contributed by atoms with Gasteiger partial charge in [0.05, 0.1) is 12.5 Å². The Bertz CT molecular complexity index is 906. The van der Waals surface area contributed by atoms with Crippen molar-refractivity contribution >= 4 is 11.9 Å². The highest BCUT2D eigenvalue weighted by Crippen LogP contribution is 2.29. The van der Waals surface area contributed by atoms with Crippen molar-refractivity contribution in [1.82, 2.24) is 15.1 Å².